The minimum absolute atomic E-state index is 0.144. The highest BCUT2D eigenvalue weighted by atomic mass is 16.6. The minimum atomic E-state index is -1.28. The Hall–Kier alpha value is -1.55. The van der Waals surface area contributed by atoms with E-state index in [0.717, 1.165) is 19.3 Å². The normalized spacial score (nSPS) is 13.2. The topological polar surface area (TPSA) is 73.9 Å². The van der Waals surface area contributed by atoms with Crippen molar-refractivity contribution in [2.75, 3.05) is 0 Å². The van der Waals surface area contributed by atoms with Crippen LogP contribution in [0.3, 0.4) is 0 Å². The average Bonchev–Trinajstić information content (AvgIpc) is 2.30. The zero-order chi connectivity index (χ0) is 15.1. The molecule has 0 aromatic carbocycles. The van der Waals surface area contributed by atoms with Crippen LogP contribution >= 0.6 is 0 Å². The molecule has 0 aromatic rings. The van der Waals surface area contributed by atoms with Gasteiger partial charge in [0.05, 0.1) is 18.6 Å². The van der Waals surface area contributed by atoms with Crippen LogP contribution in [0.25, 0.3) is 0 Å². The zero-order valence-electron chi connectivity index (χ0n) is 12.6. The molecule has 106 valence electrons. The van der Waals surface area contributed by atoms with Gasteiger partial charge in [0, 0.05) is 0 Å². The first-order valence-electron chi connectivity index (χ1n) is 6.75. The largest absolute Gasteiger partial charge is 0.460 e. The Labute approximate surface area is 116 Å². The summed E-state index contributed by atoms with van der Waals surface area (Å²) in [5.74, 6) is -0.631. The van der Waals surface area contributed by atoms with Gasteiger partial charge in [0.15, 0.2) is 5.41 Å². The van der Waals surface area contributed by atoms with E-state index in [1.807, 2.05) is 19.1 Å². The van der Waals surface area contributed by atoms with Crippen LogP contribution in [0.4, 0.5) is 0 Å². The summed E-state index contributed by atoms with van der Waals surface area (Å²) in [7, 11) is 0. The van der Waals surface area contributed by atoms with Crippen molar-refractivity contribution in [3.8, 4) is 12.1 Å². The maximum atomic E-state index is 11.8. The summed E-state index contributed by atoms with van der Waals surface area (Å²) in [5.41, 5.74) is -1.88. The van der Waals surface area contributed by atoms with Gasteiger partial charge in [0.2, 0.25) is 0 Å². The quantitative estimate of drug-likeness (QED) is 0.687. The third kappa shape index (κ3) is 5.75. The number of rotatable bonds is 6. The van der Waals surface area contributed by atoms with Crippen molar-refractivity contribution in [1.82, 2.24) is 0 Å². The molecule has 0 spiro atoms. The second-order valence-electron chi connectivity index (χ2n) is 6.00. The van der Waals surface area contributed by atoms with Crippen molar-refractivity contribution in [3.05, 3.63) is 0 Å². The second-order valence-corrected chi connectivity index (χ2v) is 6.00. The van der Waals surface area contributed by atoms with E-state index < -0.39 is 17.0 Å². The molecular weight excluding hydrogens is 240 g/mol. The molecule has 0 radical (unpaired) electrons. The predicted molar refractivity (Wildman–Crippen MR) is 72.8 cm³/mol. The molecule has 0 fully saturated rings. The van der Waals surface area contributed by atoms with Crippen molar-refractivity contribution >= 4 is 5.97 Å². The third-order valence-electron chi connectivity index (χ3n) is 3.07. The van der Waals surface area contributed by atoms with E-state index in [4.69, 9.17) is 4.74 Å². The Balaban J connectivity index is 4.88. The fourth-order valence-electron chi connectivity index (χ4n) is 1.86. The molecule has 0 amide bonds. The molecular formula is C15H24N2O2. The molecule has 0 heterocycles. The van der Waals surface area contributed by atoms with Gasteiger partial charge in [-0.25, -0.2) is 0 Å². The number of unbranched alkanes of at least 4 members (excludes halogenated alkanes) is 1. The lowest BCUT2D eigenvalue weighted by molar-refractivity contribution is -0.156. The van der Waals surface area contributed by atoms with E-state index in [1.165, 1.54) is 0 Å². The highest BCUT2D eigenvalue weighted by Gasteiger charge is 2.40. The molecule has 0 saturated heterocycles. The summed E-state index contributed by atoms with van der Waals surface area (Å²) in [6.45, 7) is 9.22. The molecule has 0 aliphatic heterocycles. The van der Waals surface area contributed by atoms with Crippen molar-refractivity contribution in [2.45, 2.75) is 65.9 Å². The molecule has 4 nitrogen and oxygen atoms in total. The van der Waals surface area contributed by atoms with Gasteiger partial charge in [-0.3, -0.25) is 4.79 Å². The molecule has 0 bridgehead atoms. The summed E-state index contributed by atoms with van der Waals surface area (Å²) in [5, 5.41) is 18.6. The molecule has 1 atom stereocenters. The van der Waals surface area contributed by atoms with Gasteiger partial charge in [-0.1, -0.05) is 26.7 Å². The minimum Gasteiger partial charge on any atom is -0.460 e. The van der Waals surface area contributed by atoms with Crippen LogP contribution in [0.2, 0.25) is 0 Å². The molecule has 19 heavy (non-hydrogen) atoms. The van der Waals surface area contributed by atoms with Gasteiger partial charge >= 0.3 is 5.97 Å². The van der Waals surface area contributed by atoms with E-state index in [0.29, 0.717) is 0 Å². The van der Waals surface area contributed by atoms with Crippen LogP contribution in [-0.4, -0.2) is 11.6 Å². The van der Waals surface area contributed by atoms with Crippen molar-refractivity contribution in [1.29, 1.82) is 10.5 Å². The molecule has 0 aliphatic carbocycles. The second kappa shape index (κ2) is 7.14. The lowest BCUT2D eigenvalue weighted by Crippen LogP contribution is -2.32. The van der Waals surface area contributed by atoms with Crippen LogP contribution in [-0.2, 0) is 9.53 Å². The number of esters is 1. The van der Waals surface area contributed by atoms with Crippen LogP contribution < -0.4 is 0 Å². The van der Waals surface area contributed by atoms with Crippen molar-refractivity contribution in [3.63, 3.8) is 0 Å². The first-order chi connectivity index (χ1) is 8.70. The van der Waals surface area contributed by atoms with Gasteiger partial charge < -0.3 is 4.74 Å². The maximum Gasteiger partial charge on any atom is 0.309 e. The van der Waals surface area contributed by atoms with Crippen LogP contribution in [0.5, 0.6) is 0 Å². The van der Waals surface area contributed by atoms with Crippen LogP contribution in [0, 0.1) is 34.0 Å². The highest BCUT2D eigenvalue weighted by Crippen LogP contribution is 2.34. The first kappa shape index (κ1) is 17.4. The molecule has 0 aromatic heterocycles. The number of carbonyl (C=O) groups is 1. The zero-order valence-corrected chi connectivity index (χ0v) is 12.6. The standard InChI is InChI=1S/C15H24N2O2/c1-6-7-8-12(2)15(10-16,11-17)9-13(18)19-14(3,4)5/h12H,6-9H2,1-5H3. The lowest BCUT2D eigenvalue weighted by Gasteiger charge is -2.27. The Morgan fingerprint density at radius 1 is 1.26 bits per heavy atom. The third-order valence-corrected chi connectivity index (χ3v) is 3.07. The molecule has 0 saturated carbocycles. The maximum absolute atomic E-state index is 11.8. The van der Waals surface area contributed by atoms with E-state index in [-0.39, 0.29) is 12.3 Å². The van der Waals surface area contributed by atoms with Gasteiger partial charge in [-0.2, -0.15) is 10.5 Å². The Bertz CT molecular complexity index is 368. The van der Waals surface area contributed by atoms with Crippen LogP contribution in [0.15, 0.2) is 0 Å². The summed E-state index contributed by atoms with van der Waals surface area (Å²) in [6, 6.07) is 4.06. The summed E-state index contributed by atoms with van der Waals surface area (Å²) in [4.78, 5) is 11.8. The van der Waals surface area contributed by atoms with E-state index in [9.17, 15) is 15.3 Å². The predicted octanol–water partition coefficient (Wildman–Crippen LogP) is 3.58. The van der Waals surface area contributed by atoms with Crippen molar-refractivity contribution < 1.29 is 9.53 Å². The summed E-state index contributed by atoms with van der Waals surface area (Å²) < 4.78 is 5.21. The van der Waals surface area contributed by atoms with Crippen LogP contribution in [0.1, 0.15) is 60.3 Å². The van der Waals surface area contributed by atoms with E-state index in [2.05, 4.69) is 6.92 Å². The molecule has 1 unspecified atom stereocenters. The number of carbonyl (C=O) groups excluding carboxylic acids is 1. The number of nitrogens with zero attached hydrogens (tertiary/aromatic N) is 2. The Kier molecular flexibility index (Phi) is 6.56. The monoisotopic (exact) mass is 264 g/mol. The van der Waals surface area contributed by atoms with Gasteiger partial charge in [-0.05, 0) is 33.1 Å². The summed E-state index contributed by atoms with van der Waals surface area (Å²) in [6.07, 6.45) is 2.55. The molecule has 0 aliphatic rings. The Morgan fingerprint density at radius 2 is 1.79 bits per heavy atom. The lowest BCUT2D eigenvalue weighted by atomic mass is 9.74. The number of nitriles is 2. The van der Waals surface area contributed by atoms with E-state index >= 15 is 0 Å². The van der Waals surface area contributed by atoms with Crippen molar-refractivity contribution in [2.24, 2.45) is 11.3 Å². The molecule has 0 rings (SSSR count). The number of ether oxygens (including phenoxy) is 1. The fraction of sp³-hybridized carbons (Fsp3) is 0.800. The molecule has 4 heteroatoms. The fourth-order valence-corrected chi connectivity index (χ4v) is 1.86. The van der Waals surface area contributed by atoms with Gasteiger partial charge in [0.1, 0.15) is 5.60 Å². The first-order valence-corrected chi connectivity index (χ1v) is 6.75. The number of hydrogen-bond donors (Lipinski definition) is 0. The summed E-state index contributed by atoms with van der Waals surface area (Å²) >= 11 is 0. The van der Waals surface area contributed by atoms with Gasteiger partial charge in [0.25, 0.3) is 0 Å². The smallest absolute Gasteiger partial charge is 0.309 e. The van der Waals surface area contributed by atoms with Gasteiger partial charge in [-0.15, -0.1) is 0 Å². The number of hydrogen-bond acceptors (Lipinski definition) is 4. The SMILES string of the molecule is CCCCC(C)C(C#N)(C#N)CC(=O)OC(C)(C)C. The Morgan fingerprint density at radius 3 is 2.16 bits per heavy atom. The highest BCUT2D eigenvalue weighted by molar-refractivity contribution is 5.72. The molecule has 0 N–H and O–H groups in total. The van der Waals surface area contributed by atoms with E-state index in [1.54, 1.807) is 20.8 Å². The average molecular weight is 264 g/mol.